The molecular formula is C23H28N6O3. The van der Waals surface area contributed by atoms with Crippen LogP contribution in [0.2, 0.25) is 0 Å². The molecule has 168 valence electrons. The van der Waals surface area contributed by atoms with Crippen LogP contribution in [0.5, 0.6) is 0 Å². The molecule has 3 amide bonds. The third-order valence-corrected chi connectivity index (χ3v) is 5.94. The predicted octanol–water partition coefficient (Wildman–Crippen LogP) is 1.82. The van der Waals surface area contributed by atoms with E-state index < -0.39 is 0 Å². The molecule has 2 fully saturated rings. The van der Waals surface area contributed by atoms with Crippen LogP contribution in [-0.2, 0) is 14.4 Å². The largest absolute Gasteiger partial charge is 0.341 e. The summed E-state index contributed by atoms with van der Waals surface area (Å²) in [4.78, 5) is 42.7. The quantitative estimate of drug-likeness (QED) is 0.568. The van der Waals surface area contributed by atoms with Gasteiger partial charge in [-0.15, -0.1) is 0 Å². The first-order valence-corrected chi connectivity index (χ1v) is 10.9. The molecule has 9 heteroatoms. The van der Waals surface area contributed by atoms with Crippen LogP contribution < -0.4 is 21.5 Å². The Morgan fingerprint density at radius 2 is 1.69 bits per heavy atom. The van der Waals surface area contributed by atoms with E-state index in [1.165, 1.54) is 6.92 Å². The molecule has 0 spiro atoms. The van der Waals surface area contributed by atoms with Crippen molar-refractivity contribution in [2.45, 2.75) is 38.3 Å². The fourth-order valence-electron chi connectivity index (χ4n) is 4.19. The lowest BCUT2D eigenvalue weighted by Crippen LogP contribution is -2.49. The first-order chi connectivity index (χ1) is 15.5. The van der Waals surface area contributed by atoms with Gasteiger partial charge in [0.05, 0.1) is 0 Å². The summed E-state index contributed by atoms with van der Waals surface area (Å²) < 4.78 is 0. The number of carbonyl (C=O) groups excluding carboxylic acids is 3. The first kappa shape index (κ1) is 21.9. The zero-order chi connectivity index (χ0) is 22.5. The summed E-state index contributed by atoms with van der Waals surface area (Å²) in [5.41, 5.74) is 8.72. The number of aromatic nitrogens is 1. The van der Waals surface area contributed by atoms with Crippen LogP contribution in [0, 0.1) is 5.92 Å². The number of benzene rings is 1. The van der Waals surface area contributed by atoms with Crippen LogP contribution in [0.4, 0.5) is 11.4 Å². The van der Waals surface area contributed by atoms with Gasteiger partial charge in [-0.2, -0.15) is 0 Å². The van der Waals surface area contributed by atoms with Crippen molar-refractivity contribution in [2.75, 3.05) is 23.7 Å². The van der Waals surface area contributed by atoms with E-state index in [9.17, 15) is 14.4 Å². The van der Waals surface area contributed by atoms with Gasteiger partial charge in [0.15, 0.2) is 0 Å². The number of piperidine rings is 1. The van der Waals surface area contributed by atoms with Gasteiger partial charge in [-0.3, -0.25) is 19.4 Å². The molecule has 2 unspecified atom stereocenters. The molecule has 1 aromatic carbocycles. The number of carbonyl (C=O) groups is 3. The molecule has 4 rings (SSSR count). The molecule has 4 N–H and O–H groups in total. The Balaban J connectivity index is 1.24. The van der Waals surface area contributed by atoms with Gasteiger partial charge < -0.3 is 15.5 Å². The van der Waals surface area contributed by atoms with Crippen molar-refractivity contribution in [3.8, 4) is 0 Å². The summed E-state index contributed by atoms with van der Waals surface area (Å²) in [5.74, 6) is -0.246. The van der Waals surface area contributed by atoms with E-state index in [-0.39, 0.29) is 35.7 Å². The highest BCUT2D eigenvalue weighted by Gasteiger charge is 2.35. The van der Waals surface area contributed by atoms with Gasteiger partial charge in [0.25, 0.3) is 0 Å². The predicted molar refractivity (Wildman–Crippen MR) is 120 cm³/mol. The lowest BCUT2D eigenvalue weighted by atomic mass is 9.94. The Kier molecular flexibility index (Phi) is 6.77. The Morgan fingerprint density at radius 1 is 1.00 bits per heavy atom. The van der Waals surface area contributed by atoms with Crippen LogP contribution >= 0.6 is 0 Å². The van der Waals surface area contributed by atoms with Crippen molar-refractivity contribution < 1.29 is 14.4 Å². The summed E-state index contributed by atoms with van der Waals surface area (Å²) in [7, 11) is 0. The third-order valence-electron chi connectivity index (χ3n) is 5.94. The lowest BCUT2D eigenvalue weighted by Gasteiger charge is -2.32. The minimum Gasteiger partial charge on any atom is -0.341 e. The number of nitrogens with zero attached hydrogens (tertiary/aromatic N) is 2. The normalized spacial score (nSPS) is 21.2. The van der Waals surface area contributed by atoms with Crippen molar-refractivity contribution in [1.29, 1.82) is 0 Å². The van der Waals surface area contributed by atoms with E-state index in [2.05, 4.69) is 26.5 Å². The molecule has 0 aliphatic carbocycles. The highest BCUT2D eigenvalue weighted by molar-refractivity contribution is 5.93. The molecule has 9 nitrogen and oxygen atoms in total. The fourth-order valence-corrected chi connectivity index (χ4v) is 4.19. The number of nitrogens with one attached hydrogen (secondary N) is 4. The Bertz CT molecular complexity index is 957. The molecule has 2 atom stereocenters. The van der Waals surface area contributed by atoms with Crippen LogP contribution in [-0.4, -0.2) is 46.7 Å². The average Bonchev–Trinajstić information content (AvgIpc) is 3.31. The van der Waals surface area contributed by atoms with Crippen molar-refractivity contribution >= 4 is 29.1 Å². The summed E-state index contributed by atoms with van der Waals surface area (Å²) in [5, 5.41) is 5.63. The third kappa shape index (κ3) is 5.30. The van der Waals surface area contributed by atoms with Gasteiger partial charge >= 0.3 is 0 Å². The van der Waals surface area contributed by atoms with Crippen molar-refractivity contribution in [3.05, 3.63) is 54.4 Å². The molecule has 3 heterocycles. The second kappa shape index (κ2) is 9.88. The topological polar surface area (TPSA) is 115 Å². The number of hydrazine groups is 1. The van der Waals surface area contributed by atoms with Crippen LogP contribution in [0.3, 0.4) is 0 Å². The number of pyridine rings is 1. The number of likely N-dealkylation sites (tertiary alicyclic amines) is 1. The summed E-state index contributed by atoms with van der Waals surface area (Å²) in [6, 6.07) is 10.7. The number of hydrogen-bond acceptors (Lipinski definition) is 6. The number of amides is 3. The van der Waals surface area contributed by atoms with Crippen LogP contribution in [0.15, 0.2) is 48.8 Å². The van der Waals surface area contributed by atoms with E-state index in [4.69, 9.17) is 0 Å². The summed E-state index contributed by atoms with van der Waals surface area (Å²) >= 11 is 0. The van der Waals surface area contributed by atoms with E-state index in [0.717, 1.165) is 5.56 Å². The number of hydrogen-bond donors (Lipinski definition) is 4. The first-order valence-electron chi connectivity index (χ1n) is 10.9. The van der Waals surface area contributed by atoms with Crippen molar-refractivity contribution in [2.24, 2.45) is 5.92 Å². The summed E-state index contributed by atoms with van der Waals surface area (Å²) in [6.07, 6.45) is 5.47. The van der Waals surface area contributed by atoms with Gasteiger partial charge in [0.2, 0.25) is 17.7 Å². The lowest BCUT2D eigenvalue weighted by molar-refractivity contribution is -0.136. The Labute approximate surface area is 186 Å². The zero-order valence-corrected chi connectivity index (χ0v) is 18.0. The molecule has 1 aromatic heterocycles. The standard InChI is InChI=1S/C23H28N6O3/c1-15(30)25-18-4-6-19(7-5-18)26-22(31)16-8-11-29(12-9-16)23(32)21-13-20(27-28-21)17-3-2-10-24-14-17/h2-7,10,14,16,20-21,27-28H,8-9,11-13H2,1H3,(H,25,30)(H,26,31). The van der Waals surface area contributed by atoms with E-state index in [0.29, 0.717) is 43.7 Å². The van der Waals surface area contributed by atoms with E-state index in [1.807, 2.05) is 23.2 Å². The second-order valence-corrected chi connectivity index (χ2v) is 8.26. The molecule has 0 bridgehead atoms. The van der Waals surface area contributed by atoms with E-state index in [1.54, 1.807) is 30.5 Å². The van der Waals surface area contributed by atoms with Crippen LogP contribution in [0.1, 0.15) is 37.8 Å². The maximum Gasteiger partial charge on any atom is 0.241 e. The average molecular weight is 437 g/mol. The Morgan fingerprint density at radius 3 is 2.31 bits per heavy atom. The number of rotatable bonds is 5. The molecule has 0 saturated carbocycles. The SMILES string of the molecule is CC(=O)Nc1ccc(NC(=O)C2CCN(C(=O)C3CC(c4cccnc4)NN3)CC2)cc1. The highest BCUT2D eigenvalue weighted by Crippen LogP contribution is 2.25. The maximum atomic E-state index is 12.9. The molecule has 32 heavy (non-hydrogen) atoms. The smallest absolute Gasteiger partial charge is 0.241 e. The van der Waals surface area contributed by atoms with Crippen molar-refractivity contribution in [1.82, 2.24) is 20.7 Å². The fraction of sp³-hybridized carbons (Fsp3) is 0.391. The van der Waals surface area contributed by atoms with Gasteiger partial charge in [-0.1, -0.05) is 6.07 Å². The monoisotopic (exact) mass is 436 g/mol. The minimum absolute atomic E-state index is 0.0401. The second-order valence-electron chi connectivity index (χ2n) is 8.26. The molecule has 2 aliphatic rings. The van der Waals surface area contributed by atoms with Crippen LogP contribution in [0.25, 0.3) is 0 Å². The molecule has 0 radical (unpaired) electrons. The number of anilines is 2. The maximum absolute atomic E-state index is 12.9. The molecule has 2 aromatic rings. The minimum atomic E-state index is -0.285. The van der Waals surface area contributed by atoms with Gasteiger partial charge in [0.1, 0.15) is 6.04 Å². The zero-order valence-electron chi connectivity index (χ0n) is 18.0. The van der Waals surface area contributed by atoms with Gasteiger partial charge in [0, 0.05) is 55.7 Å². The Hall–Kier alpha value is -3.30. The highest BCUT2D eigenvalue weighted by atomic mass is 16.2. The molecule has 2 aliphatic heterocycles. The molecule has 2 saturated heterocycles. The van der Waals surface area contributed by atoms with E-state index >= 15 is 0 Å². The molecular weight excluding hydrogens is 408 g/mol. The van der Waals surface area contributed by atoms with Gasteiger partial charge in [-0.25, -0.2) is 10.9 Å². The van der Waals surface area contributed by atoms with Crippen molar-refractivity contribution in [3.63, 3.8) is 0 Å². The summed E-state index contributed by atoms with van der Waals surface area (Å²) in [6.45, 7) is 2.58. The van der Waals surface area contributed by atoms with Gasteiger partial charge in [-0.05, 0) is 55.2 Å².